The number of anilines is 1. The van der Waals surface area contributed by atoms with E-state index >= 15 is 0 Å². The zero-order valence-electron chi connectivity index (χ0n) is 12.6. The maximum Gasteiger partial charge on any atom is 0.248 e. The number of nitrogens with one attached hydrogen (secondary N) is 1. The Morgan fingerprint density at radius 1 is 1.55 bits per heavy atom. The number of amides is 1. The van der Waals surface area contributed by atoms with Gasteiger partial charge in [0, 0.05) is 24.0 Å². The molecule has 0 radical (unpaired) electrons. The SMILES string of the molecule is CCn1cc([C@H]2C(C(N)=O)=C(C)Nc3nc(SC)nn32)cn1. The molecule has 2 aromatic heterocycles. The van der Waals surface area contributed by atoms with Gasteiger partial charge in [0.05, 0.1) is 11.8 Å². The number of thioether (sulfide) groups is 1. The van der Waals surface area contributed by atoms with Gasteiger partial charge in [0.15, 0.2) is 0 Å². The van der Waals surface area contributed by atoms with E-state index in [1.54, 1.807) is 15.6 Å². The minimum atomic E-state index is -0.480. The minimum absolute atomic E-state index is 0.414. The van der Waals surface area contributed by atoms with Gasteiger partial charge in [-0.3, -0.25) is 9.48 Å². The Balaban J connectivity index is 2.17. The quantitative estimate of drug-likeness (QED) is 0.815. The second kappa shape index (κ2) is 5.48. The highest BCUT2D eigenvalue weighted by molar-refractivity contribution is 7.98. The topological polar surface area (TPSA) is 104 Å². The van der Waals surface area contributed by atoms with E-state index in [0.717, 1.165) is 12.1 Å². The lowest BCUT2D eigenvalue weighted by Gasteiger charge is -2.26. The molecule has 0 aliphatic carbocycles. The summed E-state index contributed by atoms with van der Waals surface area (Å²) in [4.78, 5) is 16.3. The van der Waals surface area contributed by atoms with Crippen molar-refractivity contribution in [3.05, 3.63) is 29.2 Å². The average Bonchev–Trinajstić information content (AvgIpc) is 3.11. The molecule has 1 atom stereocenters. The van der Waals surface area contributed by atoms with Crippen LogP contribution in [0.25, 0.3) is 0 Å². The van der Waals surface area contributed by atoms with Crippen molar-refractivity contribution >= 4 is 23.6 Å². The summed E-state index contributed by atoms with van der Waals surface area (Å²) in [6.45, 7) is 4.57. The molecule has 3 heterocycles. The number of rotatable bonds is 4. The summed E-state index contributed by atoms with van der Waals surface area (Å²) in [5, 5.41) is 12.5. The molecule has 3 N–H and O–H groups in total. The molecule has 0 bridgehead atoms. The van der Waals surface area contributed by atoms with Gasteiger partial charge in [-0.25, -0.2) is 4.68 Å². The van der Waals surface area contributed by atoms with Crippen LogP contribution >= 0.6 is 11.8 Å². The summed E-state index contributed by atoms with van der Waals surface area (Å²) in [6, 6.07) is -0.414. The second-order valence-electron chi connectivity index (χ2n) is 4.93. The zero-order valence-corrected chi connectivity index (χ0v) is 13.4. The molecule has 1 aliphatic rings. The fraction of sp³-hybridized carbons (Fsp3) is 0.385. The molecule has 9 heteroatoms. The van der Waals surface area contributed by atoms with Crippen molar-refractivity contribution < 1.29 is 4.79 Å². The first-order valence-corrected chi connectivity index (χ1v) is 8.08. The standard InChI is InChI=1S/C13H17N7OS/c1-4-19-6-8(5-15-19)10-9(11(14)21)7(2)16-12-17-13(22-3)18-20(10)12/h5-6,10H,4H2,1-3H3,(H2,14,21)(H,16,17,18)/t10-/m0/s1. The predicted octanol–water partition coefficient (Wildman–Crippen LogP) is 0.991. The normalized spacial score (nSPS) is 17.3. The Labute approximate surface area is 131 Å². The molecule has 1 amide bonds. The molecule has 0 saturated heterocycles. The number of aromatic nitrogens is 5. The van der Waals surface area contributed by atoms with Gasteiger partial charge in [-0.05, 0) is 20.1 Å². The van der Waals surface area contributed by atoms with Crippen molar-refractivity contribution in [3.63, 3.8) is 0 Å². The van der Waals surface area contributed by atoms with Gasteiger partial charge in [-0.15, -0.1) is 5.10 Å². The largest absolute Gasteiger partial charge is 0.366 e. The van der Waals surface area contributed by atoms with E-state index in [-0.39, 0.29) is 0 Å². The van der Waals surface area contributed by atoms with Crippen LogP contribution in [0.5, 0.6) is 0 Å². The van der Waals surface area contributed by atoms with Gasteiger partial charge in [-0.2, -0.15) is 10.1 Å². The monoisotopic (exact) mass is 319 g/mol. The first-order valence-electron chi connectivity index (χ1n) is 6.85. The number of aryl methyl sites for hydroxylation is 1. The van der Waals surface area contributed by atoms with Crippen LogP contribution in [0.4, 0.5) is 5.95 Å². The number of primary amides is 1. The van der Waals surface area contributed by atoms with E-state index in [1.165, 1.54) is 11.8 Å². The number of hydrogen-bond donors (Lipinski definition) is 2. The number of fused-ring (bicyclic) bond motifs is 1. The van der Waals surface area contributed by atoms with Crippen LogP contribution in [-0.4, -0.2) is 36.7 Å². The molecule has 0 unspecified atom stereocenters. The summed E-state index contributed by atoms with van der Waals surface area (Å²) in [5.74, 6) is 0.118. The molecule has 3 rings (SSSR count). The Bertz CT molecular complexity index is 760. The Kier molecular flexibility index (Phi) is 3.65. The van der Waals surface area contributed by atoms with Crippen molar-refractivity contribution in [3.8, 4) is 0 Å². The Morgan fingerprint density at radius 3 is 2.91 bits per heavy atom. The molecule has 0 saturated carbocycles. The van der Waals surface area contributed by atoms with E-state index in [9.17, 15) is 4.79 Å². The second-order valence-corrected chi connectivity index (χ2v) is 5.70. The van der Waals surface area contributed by atoms with Gasteiger partial charge in [0.2, 0.25) is 17.0 Å². The fourth-order valence-electron chi connectivity index (χ4n) is 2.54. The highest BCUT2D eigenvalue weighted by Crippen LogP contribution is 2.35. The van der Waals surface area contributed by atoms with E-state index in [1.807, 2.05) is 26.3 Å². The molecule has 1 aliphatic heterocycles. The lowest BCUT2D eigenvalue weighted by molar-refractivity contribution is -0.115. The Hall–Kier alpha value is -2.29. The smallest absolute Gasteiger partial charge is 0.248 e. The number of allylic oxidation sites excluding steroid dienone is 1. The summed E-state index contributed by atoms with van der Waals surface area (Å²) >= 11 is 1.44. The predicted molar refractivity (Wildman–Crippen MR) is 83.4 cm³/mol. The molecule has 0 fully saturated rings. The van der Waals surface area contributed by atoms with E-state index in [0.29, 0.717) is 22.4 Å². The third-order valence-electron chi connectivity index (χ3n) is 3.57. The summed E-state index contributed by atoms with van der Waals surface area (Å²) in [6.07, 6.45) is 5.54. The van der Waals surface area contributed by atoms with E-state index in [2.05, 4.69) is 20.5 Å². The van der Waals surface area contributed by atoms with Gasteiger partial charge < -0.3 is 11.1 Å². The summed E-state index contributed by atoms with van der Waals surface area (Å²) in [5.41, 5.74) is 7.61. The number of carbonyl (C=O) groups is 1. The van der Waals surface area contributed by atoms with Crippen LogP contribution in [-0.2, 0) is 11.3 Å². The highest BCUT2D eigenvalue weighted by atomic mass is 32.2. The number of nitrogens with two attached hydrogens (primary N) is 1. The van der Waals surface area contributed by atoms with Gasteiger partial charge in [-0.1, -0.05) is 11.8 Å². The minimum Gasteiger partial charge on any atom is -0.366 e. The highest BCUT2D eigenvalue weighted by Gasteiger charge is 2.33. The summed E-state index contributed by atoms with van der Waals surface area (Å²) in [7, 11) is 0. The third kappa shape index (κ3) is 2.27. The van der Waals surface area contributed by atoms with Gasteiger partial charge in [0.25, 0.3) is 0 Å². The molecule has 0 aromatic carbocycles. The zero-order chi connectivity index (χ0) is 15.9. The third-order valence-corrected chi connectivity index (χ3v) is 4.11. The van der Waals surface area contributed by atoms with Crippen molar-refractivity contribution in [2.24, 2.45) is 5.73 Å². The summed E-state index contributed by atoms with van der Waals surface area (Å²) < 4.78 is 3.49. The molecule has 8 nitrogen and oxygen atoms in total. The lowest BCUT2D eigenvalue weighted by Crippen LogP contribution is -2.31. The molecule has 2 aromatic rings. The maximum atomic E-state index is 11.9. The van der Waals surface area contributed by atoms with Crippen LogP contribution in [0.15, 0.2) is 28.8 Å². The molecule has 22 heavy (non-hydrogen) atoms. The van der Waals surface area contributed by atoms with Gasteiger partial charge >= 0.3 is 0 Å². The number of hydrogen-bond acceptors (Lipinski definition) is 6. The van der Waals surface area contributed by atoms with Crippen molar-refractivity contribution in [1.29, 1.82) is 0 Å². The molecule has 116 valence electrons. The van der Waals surface area contributed by atoms with Gasteiger partial charge in [0.1, 0.15) is 6.04 Å². The molecular weight excluding hydrogens is 302 g/mol. The fourth-order valence-corrected chi connectivity index (χ4v) is 2.89. The van der Waals surface area contributed by atoms with Crippen molar-refractivity contribution in [2.45, 2.75) is 31.6 Å². The molecular formula is C13H17N7OS. The van der Waals surface area contributed by atoms with Crippen molar-refractivity contribution in [2.75, 3.05) is 11.6 Å². The van der Waals surface area contributed by atoms with E-state index < -0.39 is 11.9 Å². The number of carbonyl (C=O) groups excluding carboxylic acids is 1. The van der Waals surface area contributed by atoms with Crippen LogP contribution in [0, 0.1) is 0 Å². The van der Waals surface area contributed by atoms with Crippen LogP contribution in [0.1, 0.15) is 25.5 Å². The van der Waals surface area contributed by atoms with E-state index in [4.69, 9.17) is 5.73 Å². The van der Waals surface area contributed by atoms with Crippen LogP contribution in [0.3, 0.4) is 0 Å². The van der Waals surface area contributed by atoms with Crippen molar-refractivity contribution in [1.82, 2.24) is 24.5 Å². The Morgan fingerprint density at radius 2 is 2.32 bits per heavy atom. The molecule has 0 spiro atoms. The first-order chi connectivity index (χ1) is 10.5. The average molecular weight is 319 g/mol. The van der Waals surface area contributed by atoms with Crippen LogP contribution < -0.4 is 11.1 Å². The van der Waals surface area contributed by atoms with Crippen LogP contribution in [0.2, 0.25) is 0 Å². The lowest BCUT2D eigenvalue weighted by atomic mass is 9.98. The maximum absolute atomic E-state index is 11.9. The number of nitrogens with zero attached hydrogens (tertiary/aromatic N) is 5. The first kappa shape index (κ1) is 14.6.